The lowest BCUT2D eigenvalue weighted by Gasteiger charge is -2.29. The zero-order valence-electron chi connectivity index (χ0n) is 17.9. The molecular formula is C29H25NO2. The molecule has 1 aliphatic carbocycles. The van der Waals surface area contributed by atoms with Crippen molar-refractivity contribution in [2.24, 2.45) is 0 Å². The fourth-order valence-corrected chi connectivity index (χ4v) is 4.77. The van der Waals surface area contributed by atoms with Gasteiger partial charge in [-0.05, 0) is 41.7 Å². The Hall–Kier alpha value is -3.85. The lowest BCUT2D eigenvalue weighted by molar-refractivity contribution is -0.121. The van der Waals surface area contributed by atoms with Crippen LogP contribution in [0.15, 0.2) is 104 Å². The number of carbonyl (C=O) groups is 1. The fraction of sp³-hybridized carbons (Fsp3) is 0.138. The maximum Gasteiger partial charge on any atom is 0.235 e. The minimum absolute atomic E-state index is 0.0183. The number of benzene rings is 4. The SMILES string of the molecule is C=CCOc1ccc(NC(=O)C2(c3ccccc3)Cc3ccccc3C2)c2ccccc12. The largest absolute Gasteiger partial charge is 0.489 e. The second kappa shape index (κ2) is 8.35. The Labute approximate surface area is 188 Å². The predicted molar refractivity (Wildman–Crippen MR) is 130 cm³/mol. The molecule has 0 saturated heterocycles. The Morgan fingerprint density at radius 1 is 0.844 bits per heavy atom. The van der Waals surface area contributed by atoms with Gasteiger partial charge in [-0.1, -0.05) is 91.5 Å². The molecule has 0 atom stereocenters. The van der Waals surface area contributed by atoms with Crippen LogP contribution in [0.25, 0.3) is 10.8 Å². The van der Waals surface area contributed by atoms with Gasteiger partial charge in [-0.15, -0.1) is 0 Å². The molecule has 0 saturated carbocycles. The fourth-order valence-electron chi connectivity index (χ4n) is 4.77. The van der Waals surface area contributed by atoms with E-state index in [2.05, 4.69) is 36.2 Å². The highest BCUT2D eigenvalue weighted by Gasteiger charge is 2.45. The molecule has 1 amide bonds. The van der Waals surface area contributed by atoms with Crippen LogP contribution in [0.2, 0.25) is 0 Å². The number of hydrogen-bond donors (Lipinski definition) is 1. The number of amides is 1. The summed E-state index contributed by atoms with van der Waals surface area (Å²) in [6.45, 7) is 4.16. The van der Waals surface area contributed by atoms with E-state index in [1.165, 1.54) is 11.1 Å². The molecule has 1 N–H and O–H groups in total. The van der Waals surface area contributed by atoms with Crippen molar-refractivity contribution in [2.45, 2.75) is 18.3 Å². The maximum atomic E-state index is 14.0. The summed E-state index contributed by atoms with van der Waals surface area (Å²) < 4.78 is 5.83. The highest BCUT2D eigenvalue weighted by atomic mass is 16.5. The predicted octanol–water partition coefficient (Wildman–Crippen LogP) is 6.08. The smallest absolute Gasteiger partial charge is 0.235 e. The van der Waals surface area contributed by atoms with E-state index < -0.39 is 5.41 Å². The third-order valence-electron chi connectivity index (χ3n) is 6.35. The van der Waals surface area contributed by atoms with Crippen molar-refractivity contribution in [1.82, 2.24) is 0 Å². The van der Waals surface area contributed by atoms with Gasteiger partial charge in [0, 0.05) is 16.5 Å². The first-order chi connectivity index (χ1) is 15.7. The van der Waals surface area contributed by atoms with Crippen LogP contribution in [0.4, 0.5) is 5.69 Å². The molecule has 0 bridgehead atoms. The van der Waals surface area contributed by atoms with Crippen LogP contribution in [0.1, 0.15) is 16.7 Å². The van der Waals surface area contributed by atoms with E-state index in [0.717, 1.165) is 27.8 Å². The summed E-state index contributed by atoms with van der Waals surface area (Å²) in [6, 6.07) is 30.3. The van der Waals surface area contributed by atoms with Crippen LogP contribution >= 0.6 is 0 Å². The summed E-state index contributed by atoms with van der Waals surface area (Å²) in [5.41, 5.74) is 3.69. The third kappa shape index (κ3) is 3.46. The van der Waals surface area contributed by atoms with Crippen molar-refractivity contribution >= 4 is 22.4 Å². The van der Waals surface area contributed by atoms with E-state index in [0.29, 0.717) is 19.4 Å². The van der Waals surface area contributed by atoms with E-state index in [1.54, 1.807) is 6.08 Å². The highest BCUT2D eigenvalue weighted by Crippen LogP contribution is 2.41. The van der Waals surface area contributed by atoms with E-state index in [4.69, 9.17) is 4.74 Å². The Kier molecular flexibility index (Phi) is 5.24. The van der Waals surface area contributed by atoms with Crippen molar-refractivity contribution in [3.05, 3.63) is 120 Å². The summed E-state index contributed by atoms with van der Waals surface area (Å²) in [5, 5.41) is 5.20. The molecule has 0 radical (unpaired) electrons. The second-order valence-electron chi connectivity index (χ2n) is 8.28. The van der Waals surface area contributed by atoms with Crippen LogP contribution < -0.4 is 10.1 Å². The average molecular weight is 420 g/mol. The van der Waals surface area contributed by atoms with Crippen LogP contribution in [0.3, 0.4) is 0 Å². The van der Waals surface area contributed by atoms with Gasteiger partial charge in [0.15, 0.2) is 0 Å². The second-order valence-corrected chi connectivity index (χ2v) is 8.28. The molecule has 0 fully saturated rings. The Morgan fingerprint density at radius 2 is 1.47 bits per heavy atom. The Balaban J connectivity index is 1.54. The summed E-state index contributed by atoms with van der Waals surface area (Å²) in [7, 11) is 0. The van der Waals surface area contributed by atoms with Gasteiger partial charge in [0.05, 0.1) is 5.41 Å². The Bertz CT molecular complexity index is 1270. The van der Waals surface area contributed by atoms with Crippen LogP contribution in [-0.4, -0.2) is 12.5 Å². The summed E-state index contributed by atoms with van der Waals surface area (Å²) in [4.78, 5) is 14.0. The van der Waals surface area contributed by atoms with E-state index >= 15 is 0 Å². The highest BCUT2D eigenvalue weighted by molar-refractivity contribution is 6.07. The van der Waals surface area contributed by atoms with Crippen LogP contribution in [-0.2, 0) is 23.1 Å². The lowest BCUT2D eigenvalue weighted by atomic mass is 9.76. The molecule has 4 aromatic carbocycles. The molecule has 5 rings (SSSR count). The first-order valence-corrected chi connectivity index (χ1v) is 10.9. The maximum absolute atomic E-state index is 14.0. The summed E-state index contributed by atoms with van der Waals surface area (Å²) >= 11 is 0. The molecule has 0 aromatic heterocycles. The molecule has 158 valence electrons. The van der Waals surface area contributed by atoms with Crippen LogP contribution in [0.5, 0.6) is 5.75 Å². The van der Waals surface area contributed by atoms with Crippen LogP contribution in [0, 0.1) is 0 Å². The lowest BCUT2D eigenvalue weighted by Crippen LogP contribution is -2.41. The average Bonchev–Trinajstić information content (AvgIpc) is 3.25. The zero-order valence-corrected chi connectivity index (χ0v) is 17.9. The number of hydrogen-bond acceptors (Lipinski definition) is 2. The molecule has 0 heterocycles. The van der Waals surface area contributed by atoms with Gasteiger partial charge < -0.3 is 10.1 Å². The van der Waals surface area contributed by atoms with Crippen molar-refractivity contribution in [3.8, 4) is 5.75 Å². The third-order valence-corrected chi connectivity index (χ3v) is 6.35. The molecular weight excluding hydrogens is 394 g/mol. The molecule has 0 unspecified atom stereocenters. The summed E-state index contributed by atoms with van der Waals surface area (Å²) in [5.74, 6) is 0.800. The minimum atomic E-state index is -0.635. The van der Waals surface area contributed by atoms with Gasteiger partial charge in [0.2, 0.25) is 5.91 Å². The molecule has 32 heavy (non-hydrogen) atoms. The number of anilines is 1. The van der Waals surface area contributed by atoms with Crippen molar-refractivity contribution in [1.29, 1.82) is 0 Å². The number of nitrogens with one attached hydrogen (secondary N) is 1. The Morgan fingerprint density at radius 3 is 2.16 bits per heavy atom. The molecule has 3 nitrogen and oxygen atoms in total. The number of carbonyl (C=O) groups excluding carboxylic acids is 1. The molecule has 0 spiro atoms. The first-order valence-electron chi connectivity index (χ1n) is 10.9. The zero-order chi connectivity index (χ0) is 22.0. The minimum Gasteiger partial charge on any atom is -0.489 e. The number of ether oxygens (including phenoxy) is 1. The van der Waals surface area contributed by atoms with Crippen molar-refractivity contribution in [3.63, 3.8) is 0 Å². The standard InChI is InChI=1S/C29H25NO2/c1-2-18-32-27-17-16-26(24-14-8-9-15-25(24)27)30-28(31)29(23-12-4-3-5-13-23)19-21-10-6-7-11-22(21)20-29/h2-17H,1,18-20H2,(H,30,31). The molecule has 1 aliphatic rings. The normalized spacial score (nSPS) is 14.0. The topological polar surface area (TPSA) is 38.3 Å². The number of fused-ring (bicyclic) bond motifs is 2. The van der Waals surface area contributed by atoms with Gasteiger partial charge in [-0.3, -0.25) is 4.79 Å². The monoisotopic (exact) mass is 419 g/mol. The molecule has 4 aromatic rings. The molecule has 3 heteroatoms. The van der Waals surface area contributed by atoms with Gasteiger partial charge in [-0.2, -0.15) is 0 Å². The summed E-state index contributed by atoms with van der Waals surface area (Å²) in [6.07, 6.45) is 3.11. The van der Waals surface area contributed by atoms with Gasteiger partial charge >= 0.3 is 0 Å². The van der Waals surface area contributed by atoms with Gasteiger partial charge in [0.25, 0.3) is 0 Å². The van der Waals surface area contributed by atoms with E-state index in [1.807, 2.05) is 66.7 Å². The van der Waals surface area contributed by atoms with E-state index in [-0.39, 0.29) is 5.91 Å². The van der Waals surface area contributed by atoms with E-state index in [9.17, 15) is 4.79 Å². The van der Waals surface area contributed by atoms with Crippen molar-refractivity contribution in [2.75, 3.05) is 11.9 Å². The van der Waals surface area contributed by atoms with Gasteiger partial charge in [-0.25, -0.2) is 0 Å². The quantitative estimate of drug-likeness (QED) is 0.385. The molecule has 0 aliphatic heterocycles. The van der Waals surface area contributed by atoms with Crippen molar-refractivity contribution < 1.29 is 9.53 Å². The van der Waals surface area contributed by atoms with Gasteiger partial charge in [0.1, 0.15) is 12.4 Å². The first kappa shape index (κ1) is 20.1. The number of rotatable bonds is 6.